The molecule has 0 aromatic heterocycles. The van der Waals surface area contributed by atoms with Crippen LogP contribution in [0.2, 0.25) is 0 Å². The second-order valence-electron chi connectivity index (χ2n) is 8.14. The van der Waals surface area contributed by atoms with E-state index >= 15 is 0 Å². The Labute approximate surface area is 200 Å². The number of unbranched alkanes of at least 4 members (excludes halogenated alkanes) is 1. The first kappa shape index (κ1) is 24.8. The molecule has 34 heavy (non-hydrogen) atoms. The summed E-state index contributed by atoms with van der Waals surface area (Å²) in [4.78, 5) is 29.7. The van der Waals surface area contributed by atoms with Gasteiger partial charge in [0.1, 0.15) is 11.6 Å². The lowest BCUT2D eigenvalue weighted by Gasteiger charge is -2.34. The normalized spacial score (nSPS) is 14.3. The molecule has 0 radical (unpaired) electrons. The van der Waals surface area contributed by atoms with Gasteiger partial charge in [-0.05, 0) is 49.9 Å². The zero-order valence-electron chi connectivity index (χ0n) is 19.7. The summed E-state index contributed by atoms with van der Waals surface area (Å²) >= 11 is 0. The summed E-state index contributed by atoms with van der Waals surface area (Å²) in [5.74, 6) is -1.12. The first-order valence-corrected chi connectivity index (χ1v) is 11.5. The number of ether oxygens (including phenoxy) is 1. The molecule has 1 aliphatic heterocycles. The molecule has 8 heteroatoms. The highest BCUT2D eigenvalue weighted by atomic mass is 16.5. The molecular formula is C26H31N5O3. The molecule has 8 nitrogen and oxygen atoms in total. The average molecular weight is 462 g/mol. The SMILES string of the molecule is CCCCOC(=O)c1ccccc1NC(=O)/C(C#N)=C\Nc1ccc(N2CCN(C)CC2)cc1. The van der Waals surface area contributed by atoms with Gasteiger partial charge in [0.15, 0.2) is 0 Å². The van der Waals surface area contributed by atoms with E-state index in [0.717, 1.165) is 50.4 Å². The summed E-state index contributed by atoms with van der Waals surface area (Å²) in [5.41, 5.74) is 2.34. The first-order valence-electron chi connectivity index (χ1n) is 11.5. The zero-order valence-corrected chi connectivity index (χ0v) is 19.7. The van der Waals surface area contributed by atoms with Crippen molar-refractivity contribution < 1.29 is 14.3 Å². The maximum Gasteiger partial charge on any atom is 0.340 e. The van der Waals surface area contributed by atoms with E-state index in [0.29, 0.717) is 12.3 Å². The number of hydrogen-bond donors (Lipinski definition) is 2. The second kappa shape index (κ2) is 12.4. The molecule has 0 atom stereocenters. The number of carbonyl (C=O) groups excluding carboxylic acids is 2. The number of rotatable bonds is 9. The van der Waals surface area contributed by atoms with Gasteiger partial charge in [-0.1, -0.05) is 25.5 Å². The smallest absolute Gasteiger partial charge is 0.340 e. The maximum absolute atomic E-state index is 12.7. The minimum absolute atomic E-state index is 0.114. The Morgan fingerprint density at radius 2 is 1.79 bits per heavy atom. The van der Waals surface area contributed by atoms with Crippen LogP contribution in [0, 0.1) is 11.3 Å². The summed E-state index contributed by atoms with van der Waals surface area (Å²) in [7, 11) is 2.12. The Morgan fingerprint density at radius 3 is 2.47 bits per heavy atom. The molecule has 2 N–H and O–H groups in total. The fourth-order valence-electron chi connectivity index (χ4n) is 3.48. The summed E-state index contributed by atoms with van der Waals surface area (Å²) < 4.78 is 5.25. The van der Waals surface area contributed by atoms with E-state index in [9.17, 15) is 14.9 Å². The number of hydrogen-bond acceptors (Lipinski definition) is 7. The van der Waals surface area contributed by atoms with Crippen LogP contribution in [0.4, 0.5) is 17.1 Å². The molecule has 0 bridgehead atoms. The number of carbonyl (C=O) groups is 2. The van der Waals surface area contributed by atoms with E-state index in [1.807, 2.05) is 37.3 Å². The summed E-state index contributed by atoms with van der Waals surface area (Å²) in [6, 6.07) is 16.4. The molecule has 1 amide bonds. The van der Waals surface area contributed by atoms with Crippen molar-refractivity contribution in [3.63, 3.8) is 0 Å². The van der Waals surface area contributed by atoms with E-state index in [4.69, 9.17) is 4.74 Å². The van der Waals surface area contributed by atoms with Crippen molar-refractivity contribution in [3.05, 3.63) is 65.9 Å². The van der Waals surface area contributed by atoms with E-state index in [2.05, 4.69) is 27.5 Å². The maximum atomic E-state index is 12.7. The number of nitrogens with one attached hydrogen (secondary N) is 2. The van der Waals surface area contributed by atoms with Crippen LogP contribution in [0.1, 0.15) is 30.1 Å². The van der Waals surface area contributed by atoms with E-state index < -0.39 is 11.9 Å². The van der Waals surface area contributed by atoms with Crippen molar-refractivity contribution in [1.82, 2.24) is 4.90 Å². The number of likely N-dealkylation sites (N-methyl/N-ethyl adjacent to an activating group) is 1. The van der Waals surface area contributed by atoms with Gasteiger partial charge in [-0.2, -0.15) is 5.26 Å². The molecule has 0 spiro atoms. The second-order valence-corrected chi connectivity index (χ2v) is 8.14. The van der Waals surface area contributed by atoms with Crippen LogP contribution in [0.15, 0.2) is 60.3 Å². The lowest BCUT2D eigenvalue weighted by Crippen LogP contribution is -2.44. The van der Waals surface area contributed by atoms with Gasteiger partial charge in [-0.15, -0.1) is 0 Å². The molecule has 1 aliphatic rings. The number of nitriles is 1. The van der Waals surface area contributed by atoms with E-state index in [1.165, 1.54) is 6.20 Å². The standard InChI is InChI=1S/C26H31N5O3/c1-3-4-17-34-26(33)23-7-5-6-8-24(23)29-25(32)20(18-27)19-28-21-9-11-22(12-10-21)31-15-13-30(2)14-16-31/h5-12,19,28H,3-4,13-17H2,1-2H3,(H,29,32)/b20-19-. The van der Waals surface area contributed by atoms with Gasteiger partial charge in [0, 0.05) is 43.8 Å². The van der Waals surface area contributed by atoms with Crippen LogP contribution >= 0.6 is 0 Å². The number of benzene rings is 2. The van der Waals surface area contributed by atoms with Crippen molar-refractivity contribution in [2.75, 3.05) is 55.4 Å². The Morgan fingerprint density at radius 1 is 1.09 bits per heavy atom. The third-order valence-corrected chi connectivity index (χ3v) is 5.61. The van der Waals surface area contributed by atoms with Gasteiger partial charge >= 0.3 is 5.97 Å². The van der Waals surface area contributed by atoms with E-state index in [-0.39, 0.29) is 11.1 Å². The van der Waals surface area contributed by atoms with Gasteiger partial charge in [0.05, 0.1) is 17.9 Å². The Balaban J connectivity index is 1.62. The third kappa shape index (κ3) is 6.83. The topological polar surface area (TPSA) is 97.7 Å². The summed E-state index contributed by atoms with van der Waals surface area (Å²) in [5, 5.41) is 15.1. The van der Waals surface area contributed by atoms with Crippen molar-refractivity contribution in [2.45, 2.75) is 19.8 Å². The predicted octanol–water partition coefficient (Wildman–Crippen LogP) is 3.85. The van der Waals surface area contributed by atoms with Crippen LogP contribution in [-0.4, -0.2) is 56.6 Å². The van der Waals surface area contributed by atoms with Crippen LogP contribution in [0.25, 0.3) is 0 Å². The molecule has 0 saturated carbocycles. The van der Waals surface area contributed by atoms with Crippen LogP contribution in [-0.2, 0) is 9.53 Å². The van der Waals surface area contributed by atoms with Gasteiger partial charge in [-0.25, -0.2) is 4.79 Å². The molecule has 3 rings (SSSR count). The number of esters is 1. The van der Waals surface area contributed by atoms with Crippen LogP contribution in [0.5, 0.6) is 0 Å². The zero-order chi connectivity index (χ0) is 24.3. The Bertz CT molecular complexity index is 1050. The van der Waals surface area contributed by atoms with Crippen molar-refractivity contribution >= 4 is 28.9 Å². The highest BCUT2D eigenvalue weighted by Crippen LogP contribution is 2.20. The molecule has 1 fully saturated rings. The molecule has 1 heterocycles. The fraction of sp³-hybridized carbons (Fsp3) is 0.346. The molecule has 0 aliphatic carbocycles. The minimum atomic E-state index is -0.613. The fourth-order valence-corrected chi connectivity index (χ4v) is 3.48. The van der Waals surface area contributed by atoms with Crippen LogP contribution in [0.3, 0.4) is 0 Å². The van der Waals surface area contributed by atoms with Gasteiger partial charge in [-0.3, -0.25) is 4.79 Å². The highest BCUT2D eigenvalue weighted by molar-refractivity contribution is 6.09. The average Bonchev–Trinajstić information content (AvgIpc) is 2.86. The third-order valence-electron chi connectivity index (χ3n) is 5.61. The Kier molecular flexibility index (Phi) is 9.06. The number of piperazine rings is 1. The van der Waals surface area contributed by atoms with Crippen LogP contribution < -0.4 is 15.5 Å². The summed E-state index contributed by atoms with van der Waals surface area (Å²) in [6.45, 7) is 6.35. The van der Waals surface area contributed by atoms with Gasteiger partial charge < -0.3 is 25.2 Å². The predicted molar refractivity (Wildman–Crippen MR) is 134 cm³/mol. The molecular weight excluding hydrogens is 430 g/mol. The number of nitrogens with zero attached hydrogens (tertiary/aromatic N) is 3. The van der Waals surface area contributed by atoms with Crippen molar-refractivity contribution in [2.24, 2.45) is 0 Å². The molecule has 1 saturated heterocycles. The number of amides is 1. The lowest BCUT2D eigenvalue weighted by molar-refractivity contribution is -0.112. The first-order chi connectivity index (χ1) is 16.5. The quantitative estimate of drug-likeness (QED) is 0.253. The molecule has 0 unspecified atom stereocenters. The molecule has 2 aromatic rings. The lowest BCUT2D eigenvalue weighted by atomic mass is 10.1. The molecule has 178 valence electrons. The number of para-hydroxylation sites is 1. The Hall–Kier alpha value is -3.83. The monoisotopic (exact) mass is 461 g/mol. The van der Waals surface area contributed by atoms with Crippen molar-refractivity contribution in [1.29, 1.82) is 5.26 Å². The summed E-state index contributed by atoms with van der Waals surface area (Å²) in [6.07, 6.45) is 3.04. The highest BCUT2D eigenvalue weighted by Gasteiger charge is 2.17. The van der Waals surface area contributed by atoms with E-state index in [1.54, 1.807) is 24.3 Å². The minimum Gasteiger partial charge on any atom is -0.462 e. The van der Waals surface area contributed by atoms with Gasteiger partial charge in [0.25, 0.3) is 5.91 Å². The number of anilines is 3. The van der Waals surface area contributed by atoms with Gasteiger partial charge in [0.2, 0.25) is 0 Å². The van der Waals surface area contributed by atoms with Crippen molar-refractivity contribution in [3.8, 4) is 6.07 Å². The largest absolute Gasteiger partial charge is 0.462 e. The molecule has 2 aromatic carbocycles.